The first-order valence-corrected chi connectivity index (χ1v) is 10.4. The number of carbonyl (C=O) groups is 3. The van der Waals surface area contributed by atoms with Crippen LogP contribution in [0.2, 0.25) is 0 Å². The topological polar surface area (TPSA) is 110 Å². The molecule has 1 aromatic heterocycles. The fourth-order valence-electron chi connectivity index (χ4n) is 3.80. The summed E-state index contributed by atoms with van der Waals surface area (Å²) in [7, 11) is 2.85. The van der Waals surface area contributed by atoms with Gasteiger partial charge in [-0.15, -0.1) is 0 Å². The van der Waals surface area contributed by atoms with Gasteiger partial charge in [0.15, 0.2) is 0 Å². The average Bonchev–Trinajstić information content (AvgIpc) is 3.15. The second-order valence-corrected chi connectivity index (χ2v) is 7.44. The quantitative estimate of drug-likeness (QED) is 0.618. The highest BCUT2D eigenvalue weighted by molar-refractivity contribution is 6.11. The molecule has 3 rings (SSSR count). The lowest BCUT2D eigenvalue weighted by molar-refractivity contribution is -0.149. The lowest BCUT2D eigenvalue weighted by atomic mass is 9.97. The number of fused-ring (bicyclic) bond motifs is 1. The maximum atomic E-state index is 12.6. The van der Waals surface area contributed by atoms with E-state index in [-0.39, 0.29) is 29.9 Å². The zero-order valence-corrected chi connectivity index (χ0v) is 18.2. The third-order valence-corrected chi connectivity index (χ3v) is 5.52. The smallest absolute Gasteiger partial charge is 0.356 e. The summed E-state index contributed by atoms with van der Waals surface area (Å²) in [5, 5.41) is 3.56. The number of anilines is 1. The van der Waals surface area contributed by atoms with Crippen molar-refractivity contribution in [3.8, 4) is 5.75 Å². The van der Waals surface area contributed by atoms with Crippen molar-refractivity contribution in [2.24, 2.45) is 5.92 Å². The molecule has 1 saturated heterocycles. The van der Waals surface area contributed by atoms with E-state index in [2.05, 4.69) is 15.2 Å². The van der Waals surface area contributed by atoms with E-state index in [0.29, 0.717) is 35.5 Å². The molecule has 0 radical (unpaired) electrons. The predicted octanol–water partition coefficient (Wildman–Crippen LogP) is 2.57. The molecule has 1 amide bonds. The molecule has 0 atom stereocenters. The van der Waals surface area contributed by atoms with E-state index >= 15 is 0 Å². The van der Waals surface area contributed by atoms with Gasteiger partial charge in [0.1, 0.15) is 11.4 Å². The number of hydrogen-bond acceptors (Lipinski definition) is 7. The Kier molecular flexibility index (Phi) is 7.51. The van der Waals surface area contributed by atoms with Crippen LogP contribution in [0.5, 0.6) is 5.75 Å². The van der Waals surface area contributed by atoms with Crippen molar-refractivity contribution < 1.29 is 28.6 Å². The van der Waals surface area contributed by atoms with Gasteiger partial charge in [0.2, 0.25) is 5.91 Å². The first kappa shape index (κ1) is 22.6. The number of hydrogen-bond donors (Lipinski definition) is 2. The number of nitrogens with zero attached hydrogens (tertiary/aromatic N) is 1. The number of rotatable bonds is 8. The van der Waals surface area contributed by atoms with Crippen molar-refractivity contribution in [3.63, 3.8) is 0 Å². The van der Waals surface area contributed by atoms with Gasteiger partial charge in [0.25, 0.3) is 0 Å². The molecule has 0 unspecified atom stereocenters. The molecule has 0 aliphatic carbocycles. The van der Waals surface area contributed by atoms with Gasteiger partial charge in [-0.2, -0.15) is 0 Å². The van der Waals surface area contributed by atoms with E-state index in [1.165, 1.54) is 7.11 Å². The third-order valence-electron chi connectivity index (χ3n) is 5.52. The van der Waals surface area contributed by atoms with Gasteiger partial charge in [0.05, 0.1) is 37.9 Å². The Morgan fingerprint density at radius 1 is 1.19 bits per heavy atom. The Labute approximate surface area is 181 Å². The predicted molar refractivity (Wildman–Crippen MR) is 115 cm³/mol. The standard InChI is InChI=1S/C22H29N3O6/c1-4-31-21(27)14-7-10-25(11-8-14)12-9-18(26)24-19-16-6-5-15(29-2)13-17(16)23-20(19)22(28)30-3/h5-6,13-14,23H,4,7-12H2,1-3H3,(H,24,26). The summed E-state index contributed by atoms with van der Waals surface area (Å²) in [6, 6.07) is 5.30. The van der Waals surface area contributed by atoms with Crippen molar-refractivity contribution in [3.05, 3.63) is 23.9 Å². The highest BCUT2D eigenvalue weighted by Gasteiger charge is 2.26. The maximum Gasteiger partial charge on any atom is 0.356 e. The summed E-state index contributed by atoms with van der Waals surface area (Å²) in [6.45, 7) is 4.27. The third kappa shape index (κ3) is 5.35. The van der Waals surface area contributed by atoms with Crippen LogP contribution in [-0.4, -0.2) is 68.2 Å². The molecule has 0 bridgehead atoms. The lowest BCUT2D eigenvalue weighted by Gasteiger charge is -2.30. The average molecular weight is 431 g/mol. The molecule has 9 nitrogen and oxygen atoms in total. The molecule has 2 N–H and O–H groups in total. The number of nitrogens with one attached hydrogen (secondary N) is 2. The molecule has 31 heavy (non-hydrogen) atoms. The SMILES string of the molecule is CCOC(=O)C1CCN(CCC(=O)Nc2c(C(=O)OC)[nH]c3cc(OC)ccc23)CC1. The fourth-order valence-corrected chi connectivity index (χ4v) is 3.80. The number of benzene rings is 1. The molecule has 0 spiro atoms. The summed E-state index contributed by atoms with van der Waals surface area (Å²) in [6.07, 6.45) is 1.74. The molecule has 1 aliphatic rings. The van der Waals surface area contributed by atoms with E-state index in [1.54, 1.807) is 25.3 Å². The minimum Gasteiger partial charge on any atom is -0.497 e. The molecular weight excluding hydrogens is 402 g/mol. The Morgan fingerprint density at radius 3 is 2.58 bits per heavy atom. The van der Waals surface area contributed by atoms with E-state index in [4.69, 9.17) is 14.2 Å². The molecule has 1 fully saturated rings. The van der Waals surface area contributed by atoms with Gasteiger partial charge in [-0.25, -0.2) is 4.79 Å². The van der Waals surface area contributed by atoms with Crippen molar-refractivity contribution in [1.29, 1.82) is 0 Å². The Balaban J connectivity index is 1.61. The van der Waals surface area contributed by atoms with Gasteiger partial charge >= 0.3 is 11.9 Å². The van der Waals surface area contributed by atoms with Crippen LogP contribution in [0.25, 0.3) is 10.9 Å². The van der Waals surface area contributed by atoms with Crippen LogP contribution in [0.4, 0.5) is 5.69 Å². The fraction of sp³-hybridized carbons (Fsp3) is 0.500. The minimum atomic E-state index is -0.563. The van der Waals surface area contributed by atoms with Crippen molar-refractivity contribution in [1.82, 2.24) is 9.88 Å². The van der Waals surface area contributed by atoms with Crippen LogP contribution in [0.15, 0.2) is 18.2 Å². The van der Waals surface area contributed by atoms with E-state index < -0.39 is 5.97 Å². The Morgan fingerprint density at radius 2 is 1.94 bits per heavy atom. The number of aromatic amines is 1. The number of likely N-dealkylation sites (tertiary alicyclic amines) is 1. The van der Waals surface area contributed by atoms with Crippen molar-refractivity contribution >= 4 is 34.4 Å². The van der Waals surface area contributed by atoms with Gasteiger partial charge in [-0.05, 0) is 45.0 Å². The second kappa shape index (κ2) is 10.3. The molecule has 2 aromatic rings. The van der Waals surface area contributed by atoms with Crippen LogP contribution >= 0.6 is 0 Å². The van der Waals surface area contributed by atoms with Crippen LogP contribution in [0, 0.1) is 5.92 Å². The van der Waals surface area contributed by atoms with E-state index in [0.717, 1.165) is 25.9 Å². The molecular formula is C22H29N3O6. The maximum absolute atomic E-state index is 12.6. The van der Waals surface area contributed by atoms with Crippen LogP contribution < -0.4 is 10.1 Å². The van der Waals surface area contributed by atoms with E-state index in [1.807, 2.05) is 6.92 Å². The molecule has 168 valence electrons. The number of piperidine rings is 1. The highest BCUT2D eigenvalue weighted by Crippen LogP contribution is 2.31. The first-order valence-electron chi connectivity index (χ1n) is 10.4. The number of amides is 1. The highest BCUT2D eigenvalue weighted by atomic mass is 16.5. The zero-order valence-electron chi connectivity index (χ0n) is 18.2. The molecule has 1 aliphatic heterocycles. The monoisotopic (exact) mass is 431 g/mol. The normalized spacial score (nSPS) is 14.9. The summed E-state index contributed by atoms with van der Waals surface area (Å²) in [4.78, 5) is 41.9. The van der Waals surface area contributed by atoms with Gasteiger partial charge < -0.3 is 29.4 Å². The van der Waals surface area contributed by atoms with Gasteiger partial charge in [-0.1, -0.05) is 0 Å². The zero-order chi connectivity index (χ0) is 22.4. The van der Waals surface area contributed by atoms with Gasteiger partial charge in [0, 0.05) is 24.4 Å². The van der Waals surface area contributed by atoms with Crippen molar-refractivity contribution in [2.75, 3.05) is 45.8 Å². The van der Waals surface area contributed by atoms with Crippen LogP contribution in [0.1, 0.15) is 36.7 Å². The number of methoxy groups -OCH3 is 2. The number of aromatic nitrogens is 1. The number of ether oxygens (including phenoxy) is 3. The summed E-state index contributed by atoms with van der Waals surface area (Å²) in [5.41, 5.74) is 1.25. The van der Waals surface area contributed by atoms with E-state index in [9.17, 15) is 14.4 Å². The van der Waals surface area contributed by atoms with Crippen LogP contribution in [0.3, 0.4) is 0 Å². The molecule has 1 aromatic carbocycles. The number of esters is 2. The second-order valence-electron chi connectivity index (χ2n) is 7.44. The largest absolute Gasteiger partial charge is 0.497 e. The summed E-state index contributed by atoms with van der Waals surface area (Å²) >= 11 is 0. The van der Waals surface area contributed by atoms with Crippen LogP contribution in [-0.2, 0) is 19.1 Å². The Bertz CT molecular complexity index is 946. The number of H-pyrrole nitrogens is 1. The number of carbonyl (C=O) groups excluding carboxylic acids is 3. The summed E-state index contributed by atoms with van der Waals surface area (Å²) < 4.78 is 15.2. The molecule has 9 heteroatoms. The van der Waals surface area contributed by atoms with Gasteiger partial charge in [-0.3, -0.25) is 9.59 Å². The molecule has 2 heterocycles. The first-order chi connectivity index (χ1) is 15.0. The molecule has 0 saturated carbocycles. The minimum absolute atomic E-state index is 0.0594. The van der Waals surface area contributed by atoms with Crippen molar-refractivity contribution in [2.45, 2.75) is 26.2 Å². The summed E-state index contributed by atoms with van der Waals surface area (Å²) in [5.74, 6) is -0.322. The Hall–Kier alpha value is -3.07. The lowest BCUT2D eigenvalue weighted by Crippen LogP contribution is -2.38.